The molecule has 1 aromatic carbocycles. The first kappa shape index (κ1) is 17.0. The Kier molecular flexibility index (Phi) is 5.39. The highest BCUT2D eigenvalue weighted by Crippen LogP contribution is 2.17. The van der Waals surface area contributed by atoms with Crippen molar-refractivity contribution in [3.8, 4) is 0 Å². The number of hydrogen-bond acceptors (Lipinski definition) is 4. The summed E-state index contributed by atoms with van der Waals surface area (Å²) in [5.74, 6) is -0.389. The van der Waals surface area contributed by atoms with Crippen LogP contribution in [0.2, 0.25) is 0 Å². The number of carbonyl (C=O) groups excluding carboxylic acids is 1. The van der Waals surface area contributed by atoms with Crippen molar-refractivity contribution in [3.63, 3.8) is 0 Å². The van der Waals surface area contributed by atoms with E-state index in [0.29, 0.717) is 36.2 Å². The van der Waals surface area contributed by atoms with Crippen LogP contribution in [-0.4, -0.2) is 29.7 Å². The monoisotopic (exact) mass is 317 g/mol. The van der Waals surface area contributed by atoms with Crippen LogP contribution >= 0.6 is 0 Å². The molecule has 0 saturated carbocycles. The summed E-state index contributed by atoms with van der Waals surface area (Å²) >= 11 is 0. The van der Waals surface area contributed by atoms with E-state index < -0.39 is 0 Å². The highest BCUT2D eigenvalue weighted by Gasteiger charge is 2.15. The molecule has 0 aliphatic rings. The van der Waals surface area contributed by atoms with Gasteiger partial charge in [0, 0.05) is 32.1 Å². The second-order valence-corrected chi connectivity index (χ2v) is 5.75. The van der Waals surface area contributed by atoms with Crippen molar-refractivity contribution in [2.24, 2.45) is 7.05 Å². The maximum absolute atomic E-state index is 12.5. The van der Waals surface area contributed by atoms with Gasteiger partial charge in [-0.1, -0.05) is 6.07 Å². The molecule has 6 heteroatoms. The van der Waals surface area contributed by atoms with Crippen molar-refractivity contribution in [1.82, 2.24) is 9.88 Å². The van der Waals surface area contributed by atoms with Crippen LogP contribution in [0.5, 0.6) is 0 Å². The van der Waals surface area contributed by atoms with Crippen molar-refractivity contribution < 1.29 is 9.53 Å². The number of hydrogen-bond donors (Lipinski definition) is 2. The number of benzene rings is 1. The van der Waals surface area contributed by atoms with Gasteiger partial charge in [-0.2, -0.15) is 0 Å². The molecule has 23 heavy (non-hydrogen) atoms. The zero-order chi connectivity index (χ0) is 17.0. The maximum Gasteiger partial charge on any atom is 0.256 e. The normalized spacial score (nSPS) is 11.1. The zero-order valence-electron chi connectivity index (χ0n) is 13.8. The number of nitrogen functional groups attached to an aromatic ring is 1. The molecule has 1 aromatic heterocycles. The Morgan fingerprint density at radius 2 is 2.13 bits per heavy atom. The number of fused-ring (bicyclic) bond motifs is 1. The van der Waals surface area contributed by atoms with Gasteiger partial charge in [-0.3, -0.25) is 9.59 Å². The Morgan fingerprint density at radius 3 is 2.83 bits per heavy atom. The smallest absolute Gasteiger partial charge is 0.256 e. The molecular weight excluding hydrogens is 294 g/mol. The summed E-state index contributed by atoms with van der Waals surface area (Å²) in [6.07, 6.45) is 2.41. The minimum atomic E-state index is -0.389. The van der Waals surface area contributed by atoms with Crippen molar-refractivity contribution in [1.29, 1.82) is 0 Å². The summed E-state index contributed by atoms with van der Waals surface area (Å²) < 4.78 is 7.15. The number of ether oxygens (including phenoxy) is 1. The van der Waals surface area contributed by atoms with E-state index in [2.05, 4.69) is 5.32 Å². The second-order valence-electron chi connectivity index (χ2n) is 5.75. The summed E-state index contributed by atoms with van der Waals surface area (Å²) in [4.78, 5) is 24.8. The summed E-state index contributed by atoms with van der Waals surface area (Å²) in [5.41, 5.74) is 6.74. The van der Waals surface area contributed by atoms with Crippen molar-refractivity contribution in [2.45, 2.75) is 26.4 Å². The molecule has 2 rings (SSSR count). The first-order chi connectivity index (χ1) is 10.9. The topological polar surface area (TPSA) is 86.3 Å². The van der Waals surface area contributed by atoms with Gasteiger partial charge < -0.3 is 20.4 Å². The molecule has 0 aliphatic carbocycles. The molecular formula is C17H23N3O3. The molecule has 0 fully saturated rings. The summed E-state index contributed by atoms with van der Waals surface area (Å²) in [6.45, 7) is 4.95. The Hall–Kier alpha value is -2.34. The fourth-order valence-corrected chi connectivity index (χ4v) is 2.41. The van der Waals surface area contributed by atoms with Gasteiger partial charge in [0.1, 0.15) is 5.56 Å². The third kappa shape index (κ3) is 3.90. The van der Waals surface area contributed by atoms with E-state index in [1.54, 1.807) is 36.0 Å². The van der Waals surface area contributed by atoms with E-state index in [1.807, 2.05) is 13.8 Å². The van der Waals surface area contributed by atoms with E-state index in [-0.39, 0.29) is 23.0 Å². The molecule has 1 heterocycles. The maximum atomic E-state index is 12.5. The molecule has 0 saturated heterocycles. The quantitative estimate of drug-likeness (QED) is 0.627. The third-order valence-electron chi connectivity index (χ3n) is 3.55. The van der Waals surface area contributed by atoms with Gasteiger partial charge >= 0.3 is 0 Å². The lowest BCUT2D eigenvalue weighted by atomic mass is 10.1. The summed E-state index contributed by atoms with van der Waals surface area (Å²) in [5, 5.41) is 3.13. The van der Waals surface area contributed by atoms with Crippen LogP contribution in [-0.2, 0) is 11.8 Å². The van der Waals surface area contributed by atoms with E-state index >= 15 is 0 Å². The molecule has 0 spiro atoms. The van der Waals surface area contributed by atoms with E-state index in [4.69, 9.17) is 10.5 Å². The standard InChI is InChI=1S/C17H23N3O3/c1-11(2)23-9-5-8-19-17(22)12-10-20(3)14-7-4-6-13(18)15(14)16(12)21/h4,6-7,10-11H,5,8-9,18H2,1-3H3,(H,19,22). The van der Waals surface area contributed by atoms with Gasteiger partial charge in [0.15, 0.2) is 0 Å². The highest BCUT2D eigenvalue weighted by molar-refractivity contribution is 6.00. The first-order valence-corrected chi connectivity index (χ1v) is 7.69. The predicted octanol–water partition coefficient (Wildman–Crippen LogP) is 1.67. The number of aryl methyl sites for hydroxylation is 1. The Balaban J connectivity index is 2.17. The largest absolute Gasteiger partial charge is 0.398 e. The molecule has 3 N–H and O–H groups in total. The van der Waals surface area contributed by atoms with E-state index in [0.717, 1.165) is 0 Å². The van der Waals surface area contributed by atoms with Gasteiger partial charge in [0.05, 0.1) is 17.0 Å². The number of rotatable bonds is 6. The number of anilines is 1. The van der Waals surface area contributed by atoms with Crippen molar-refractivity contribution in [2.75, 3.05) is 18.9 Å². The first-order valence-electron chi connectivity index (χ1n) is 7.69. The van der Waals surface area contributed by atoms with Crippen LogP contribution in [0.3, 0.4) is 0 Å². The van der Waals surface area contributed by atoms with Crippen LogP contribution < -0.4 is 16.5 Å². The molecule has 0 unspecified atom stereocenters. The minimum Gasteiger partial charge on any atom is -0.398 e. The lowest BCUT2D eigenvalue weighted by molar-refractivity contribution is 0.0757. The van der Waals surface area contributed by atoms with Crippen molar-refractivity contribution in [3.05, 3.63) is 40.2 Å². The Bertz CT molecular complexity index is 766. The third-order valence-corrected chi connectivity index (χ3v) is 3.55. The number of carbonyl (C=O) groups is 1. The molecule has 0 bridgehead atoms. The number of amides is 1. The summed E-state index contributed by atoms with van der Waals surface area (Å²) in [6, 6.07) is 5.25. The molecule has 2 aromatic rings. The van der Waals surface area contributed by atoms with Gasteiger partial charge in [-0.25, -0.2) is 0 Å². The highest BCUT2D eigenvalue weighted by atomic mass is 16.5. The lowest BCUT2D eigenvalue weighted by Gasteiger charge is -2.11. The summed E-state index contributed by atoms with van der Waals surface area (Å²) in [7, 11) is 1.79. The predicted molar refractivity (Wildman–Crippen MR) is 91.6 cm³/mol. The fraction of sp³-hybridized carbons (Fsp3) is 0.412. The number of aromatic nitrogens is 1. The molecule has 0 aliphatic heterocycles. The molecule has 1 amide bonds. The van der Waals surface area contributed by atoms with Crippen molar-refractivity contribution >= 4 is 22.5 Å². The van der Waals surface area contributed by atoms with Crippen LogP contribution in [0.4, 0.5) is 5.69 Å². The van der Waals surface area contributed by atoms with Gasteiger partial charge in [0.2, 0.25) is 5.43 Å². The van der Waals surface area contributed by atoms with E-state index in [9.17, 15) is 9.59 Å². The Morgan fingerprint density at radius 1 is 1.39 bits per heavy atom. The molecule has 0 radical (unpaired) electrons. The number of nitrogens with two attached hydrogens (primary N) is 1. The zero-order valence-corrected chi connectivity index (χ0v) is 13.8. The van der Waals surface area contributed by atoms with Gasteiger partial charge in [-0.05, 0) is 32.4 Å². The minimum absolute atomic E-state index is 0.0997. The van der Waals surface area contributed by atoms with Gasteiger partial charge in [0.25, 0.3) is 5.91 Å². The molecule has 124 valence electrons. The second kappa shape index (κ2) is 7.28. The number of nitrogens with zero attached hydrogens (tertiary/aromatic N) is 1. The van der Waals surface area contributed by atoms with E-state index in [1.165, 1.54) is 0 Å². The lowest BCUT2D eigenvalue weighted by Crippen LogP contribution is -2.31. The van der Waals surface area contributed by atoms with Crippen LogP contribution in [0.15, 0.2) is 29.2 Å². The van der Waals surface area contributed by atoms with Crippen LogP contribution in [0, 0.1) is 0 Å². The van der Waals surface area contributed by atoms with Gasteiger partial charge in [-0.15, -0.1) is 0 Å². The number of nitrogens with one attached hydrogen (secondary N) is 1. The number of pyridine rings is 1. The SMILES string of the molecule is CC(C)OCCCNC(=O)c1cn(C)c2cccc(N)c2c1=O. The fourth-order valence-electron chi connectivity index (χ4n) is 2.41. The van der Waals surface area contributed by atoms with Crippen LogP contribution in [0.25, 0.3) is 10.9 Å². The van der Waals surface area contributed by atoms with Crippen LogP contribution in [0.1, 0.15) is 30.6 Å². The molecule has 6 nitrogen and oxygen atoms in total. The molecule has 0 atom stereocenters. The Labute approximate surface area is 135 Å². The average molecular weight is 317 g/mol. The average Bonchev–Trinajstić information content (AvgIpc) is 2.49.